The molecule has 4 heteroatoms. The van der Waals surface area contributed by atoms with E-state index in [0.717, 1.165) is 19.3 Å². The van der Waals surface area contributed by atoms with Crippen molar-refractivity contribution < 1.29 is 18.9 Å². The van der Waals surface area contributed by atoms with Crippen molar-refractivity contribution >= 4 is 0 Å². The standard InChI is InChI=1S/C23H30O4/c1-24-13-15-26-11-9-18-7-8-22-20-6-4-3-5-19(20)17-23(22)21(18)10-12-27-16-14-25-2/h3-8H,9-17H2,1-2H3. The number of fused-ring (bicyclic) bond motifs is 3. The summed E-state index contributed by atoms with van der Waals surface area (Å²) in [7, 11) is 3.40. The Bertz CT molecular complexity index is 726. The van der Waals surface area contributed by atoms with E-state index >= 15 is 0 Å². The molecular formula is C23H30O4. The molecule has 0 fully saturated rings. The van der Waals surface area contributed by atoms with Crippen molar-refractivity contribution in [2.45, 2.75) is 19.3 Å². The molecule has 0 radical (unpaired) electrons. The molecule has 0 atom stereocenters. The Morgan fingerprint density at radius 3 is 2.15 bits per heavy atom. The highest BCUT2D eigenvalue weighted by Gasteiger charge is 2.22. The maximum atomic E-state index is 5.75. The summed E-state index contributed by atoms with van der Waals surface area (Å²) in [6, 6.07) is 13.3. The fourth-order valence-corrected chi connectivity index (χ4v) is 3.71. The van der Waals surface area contributed by atoms with E-state index in [4.69, 9.17) is 18.9 Å². The molecule has 0 spiro atoms. The Balaban J connectivity index is 1.73. The van der Waals surface area contributed by atoms with E-state index in [1.807, 2.05) is 0 Å². The maximum absolute atomic E-state index is 5.75. The molecule has 0 aliphatic heterocycles. The zero-order chi connectivity index (χ0) is 18.9. The normalized spacial score (nSPS) is 12.2. The van der Waals surface area contributed by atoms with Gasteiger partial charge in [0.25, 0.3) is 0 Å². The number of hydrogen-bond donors (Lipinski definition) is 0. The second kappa shape index (κ2) is 10.6. The van der Waals surface area contributed by atoms with E-state index in [9.17, 15) is 0 Å². The van der Waals surface area contributed by atoms with Crippen molar-refractivity contribution in [2.24, 2.45) is 0 Å². The van der Waals surface area contributed by atoms with Crippen LogP contribution < -0.4 is 0 Å². The van der Waals surface area contributed by atoms with Gasteiger partial charge in [-0.3, -0.25) is 0 Å². The minimum absolute atomic E-state index is 0.637. The predicted octanol–water partition coefficient (Wildman–Crippen LogP) is 3.67. The Morgan fingerprint density at radius 2 is 1.41 bits per heavy atom. The molecule has 0 bridgehead atoms. The third-order valence-corrected chi connectivity index (χ3v) is 5.08. The SMILES string of the molecule is COCCOCCc1ccc2c(c1CCOCCOC)Cc1ccccc1-2. The molecule has 27 heavy (non-hydrogen) atoms. The number of rotatable bonds is 12. The van der Waals surface area contributed by atoms with E-state index in [0.29, 0.717) is 39.6 Å². The van der Waals surface area contributed by atoms with E-state index in [-0.39, 0.29) is 0 Å². The third-order valence-electron chi connectivity index (χ3n) is 5.08. The van der Waals surface area contributed by atoms with Crippen LogP contribution in [0.1, 0.15) is 22.3 Å². The number of benzene rings is 2. The van der Waals surface area contributed by atoms with Crippen molar-refractivity contribution in [1.82, 2.24) is 0 Å². The van der Waals surface area contributed by atoms with E-state index < -0.39 is 0 Å². The van der Waals surface area contributed by atoms with Crippen molar-refractivity contribution in [3.8, 4) is 11.1 Å². The van der Waals surface area contributed by atoms with Gasteiger partial charge in [-0.2, -0.15) is 0 Å². The lowest BCUT2D eigenvalue weighted by Gasteiger charge is -2.16. The monoisotopic (exact) mass is 370 g/mol. The number of ether oxygens (including phenoxy) is 4. The van der Waals surface area contributed by atoms with Crippen molar-refractivity contribution in [2.75, 3.05) is 53.9 Å². The summed E-state index contributed by atoms with van der Waals surface area (Å²) in [6.45, 7) is 3.99. The predicted molar refractivity (Wildman–Crippen MR) is 107 cm³/mol. The van der Waals surface area contributed by atoms with Crippen LogP contribution >= 0.6 is 0 Å². The zero-order valence-electron chi connectivity index (χ0n) is 16.5. The lowest BCUT2D eigenvalue weighted by molar-refractivity contribution is 0.0705. The highest BCUT2D eigenvalue weighted by atomic mass is 16.5. The van der Waals surface area contributed by atoms with Gasteiger partial charge in [0, 0.05) is 14.2 Å². The molecule has 2 aromatic carbocycles. The largest absolute Gasteiger partial charge is 0.382 e. The van der Waals surface area contributed by atoms with Crippen molar-refractivity contribution in [3.05, 3.63) is 58.7 Å². The maximum Gasteiger partial charge on any atom is 0.0700 e. The summed E-state index contributed by atoms with van der Waals surface area (Å²) in [6.07, 6.45) is 2.85. The highest BCUT2D eigenvalue weighted by molar-refractivity contribution is 5.78. The number of hydrogen-bond acceptors (Lipinski definition) is 4. The average Bonchev–Trinajstić information content (AvgIpc) is 3.07. The van der Waals surface area contributed by atoms with E-state index in [1.54, 1.807) is 14.2 Å². The molecule has 0 saturated heterocycles. The molecule has 1 aliphatic rings. The van der Waals surface area contributed by atoms with Crippen molar-refractivity contribution in [3.63, 3.8) is 0 Å². The van der Waals surface area contributed by atoms with Crippen LogP contribution in [0.4, 0.5) is 0 Å². The van der Waals surface area contributed by atoms with Gasteiger partial charge in [-0.05, 0) is 52.6 Å². The molecule has 0 unspecified atom stereocenters. The minimum Gasteiger partial charge on any atom is -0.382 e. The summed E-state index contributed by atoms with van der Waals surface area (Å²) in [5, 5.41) is 0. The highest BCUT2D eigenvalue weighted by Crippen LogP contribution is 2.39. The van der Waals surface area contributed by atoms with Crippen LogP contribution in [0.2, 0.25) is 0 Å². The molecular weight excluding hydrogens is 340 g/mol. The molecule has 1 aliphatic carbocycles. The molecule has 3 rings (SSSR count). The molecule has 146 valence electrons. The molecule has 0 aromatic heterocycles. The lowest BCUT2D eigenvalue weighted by atomic mass is 9.93. The van der Waals surface area contributed by atoms with Crippen LogP contribution in [0.15, 0.2) is 36.4 Å². The quantitative estimate of drug-likeness (QED) is 0.456. The molecule has 0 amide bonds. The van der Waals surface area contributed by atoms with Crippen LogP contribution in [0.5, 0.6) is 0 Å². The first-order valence-electron chi connectivity index (χ1n) is 9.70. The molecule has 2 aromatic rings. The fourth-order valence-electron chi connectivity index (χ4n) is 3.71. The summed E-state index contributed by atoms with van der Waals surface area (Å²) in [5.74, 6) is 0. The van der Waals surface area contributed by atoms with E-state index in [2.05, 4.69) is 36.4 Å². The summed E-state index contributed by atoms with van der Waals surface area (Å²) < 4.78 is 21.6. The average molecular weight is 370 g/mol. The van der Waals surface area contributed by atoms with Crippen LogP contribution in [0, 0.1) is 0 Å². The molecule has 0 N–H and O–H groups in total. The van der Waals surface area contributed by atoms with E-state index in [1.165, 1.54) is 33.4 Å². The second-order valence-electron chi connectivity index (χ2n) is 6.77. The Hall–Kier alpha value is -1.72. The topological polar surface area (TPSA) is 36.9 Å². The van der Waals surface area contributed by atoms with Crippen LogP contribution in [0.3, 0.4) is 0 Å². The van der Waals surface area contributed by atoms with Crippen molar-refractivity contribution in [1.29, 1.82) is 0 Å². The van der Waals surface area contributed by atoms with Gasteiger partial charge < -0.3 is 18.9 Å². The van der Waals surface area contributed by atoms with Gasteiger partial charge in [0.15, 0.2) is 0 Å². The molecule has 0 heterocycles. The first-order chi connectivity index (χ1) is 13.3. The lowest BCUT2D eigenvalue weighted by Crippen LogP contribution is -2.10. The molecule has 4 nitrogen and oxygen atoms in total. The van der Waals surface area contributed by atoms with Gasteiger partial charge >= 0.3 is 0 Å². The smallest absolute Gasteiger partial charge is 0.0700 e. The zero-order valence-corrected chi connectivity index (χ0v) is 16.5. The Morgan fingerprint density at radius 1 is 0.704 bits per heavy atom. The Kier molecular flexibility index (Phi) is 7.84. The van der Waals surface area contributed by atoms with Crippen LogP contribution in [0.25, 0.3) is 11.1 Å². The minimum atomic E-state index is 0.637. The summed E-state index contributed by atoms with van der Waals surface area (Å²) in [4.78, 5) is 0. The second-order valence-corrected chi connectivity index (χ2v) is 6.77. The summed E-state index contributed by atoms with van der Waals surface area (Å²) in [5.41, 5.74) is 8.42. The van der Waals surface area contributed by atoms with Gasteiger partial charge in [0.1, 0.15) is 0 Å². The third kappa shape index (κ3) is 5.17. The van der Waals surface area contributed by atoms with Gasteiger partial charge in [-0.15, -0.1) is 0 Å². The number of methoxy groups -OCH3 is 2. The van der Waals surface area contributed by atoms with Crippen LogP contribution in [-0.4, -0.2) is 53.9 Å². The first kappa shape index (κ1) is 20.0. The van der Waals surface area contributed by atoms with Crippen LogP contribution in [-0.2, 0) is 38.2 Å². The van der Waals surface area contributed by atoms with Gasteiger partial charge in [-0.25, -0.2) is 0 Å². The Labute approximate surface area is 162 Å². The van der Waals surface area contributed by atoms with Gasteiger partial charge in [-0.1, -0.05) is 36.4 Å². The van der Waals surface area contributed by atoms with Gasteiger partial charge in [0.2, 0.25) is 0 Å². The summed E-state index contributed by atoms with van der Waals surface area (Å²) >= 11 is 0. The molecule has 0 saturated carbocycles. The first-order valence-corrected chi connectivity index (χ1v) is 9.70. The van der Waals surface area contributed by atoms with Gasteiger partial charge in [0.05, 0.1) is 39.6 Å². The fraction of sp³-hybridized carbons (Fsp3) is 0.478.